The third-order valence-corrected chi connectivity index (χ3v) is 3.16. The van der Waals surface area contributed by atoms with Gasteiger partial charge in [-0.1, -0.05) is 0 Å². The Balaban J connectivity index is 2.24. The zero-order chi connectivity index (χ0) is 14.2. The van der Waals surface area contributed by atoms with E-state index in [0.717, 1.165) is 0 Å². The Morgan fingerprint density at radius 3 is 2.26 bits per heavy atom. The Bertz CT molecular complexity index is 464. The Kier molecular flexibility index (Phi) is 3.71. The molecule has 2 rings (SSSR count). The molecule has 1 atom stereocenters. The molecule has 1 aromatic rings. The molecule has 1 aliphatic rings. The predicted octanol–water partition coefficient (Wildman–Crippen LogP) is 3.61. The minimum Gasteiger partial charge on any atom is -0.377 e. The van der Waals surface area contributed by atoms with Crippen molar-refractivity contribution in [2.45, 2.75) is 38.3 Å². The van der Waals surface area contributed by atoms with Crippen molar-refractivity contribution in [3.63, 3.8) is 0 Å². The van der Waals surface area contributed by atoms with Crippen LogP contribution in [0.5, 0.6) is 0 Å². The van der Waals surface area contributed by atoms with Crippen molar-refractivity contribution in [3.05, 3.63) is 29.3 Å². The molecule has 0 aliphatic carbocycles. The molecule has 0 saturated carbocycles. The molecule has 0 amide bonds. The Hall–Kier alpha value is -1.30. The third-order valence-electron chi connectivity index (χ3n) is 3.16. The molecule has 0 aromatic heterocycles. The number of benzene rings is 1. The van der Waals surface area contributed by atoms with E-state index in [0.29, 0.717) is 19.4 Å². The summed E-state index contributed by atoms with van der Waals surface area (Å²) in [6.45, 7) is 4.12. The van der Waals surface area contributed by atoms with Gasteiger partial charge in [0.15, 0.2) is 23.3 Å². The van der Waals surface area contributed by atoms with Gasteiger partial charge in [-0.05, 0) is 26.7 Å². The lowest BCUT2D eigenvalue weighted by Crippen LogP contribution is -2.40. The van der Waals surface area contributed by atoms with Gasteiger partial charge >= 0.3 is 0 Å². The van der Waals surface area contributed by atoms with E-state index in [-0.39, 0.29) is 12.1 Å². The highest BCUT2D eigenvalue weighted by molar-refractivity contribution is 5.48. The molecule has 1 saturated heterocycles. The van der Waals surface area contributed by atoms with E-state index in [1.807, 2.05) is 13.8 Å². The zero-order valence-corrected chi connectivity index (χ0v) is 10.7. The summed E-state index contributed by atoms with van der Waals surface area (Å²) < 4.78 is 58.7. The molecule has 6 heteroatoms. The number of anilines is 1. The normalized spacial score (nSPS) is 22.3. The minimum atomic E-state index is -1.41. The molecule has 1 aliphatic heterocycles. The average molecular weight is 277 g/mol. The number of rotatable bonds is 2. The topological polar surface area (TPSA) is 21.3 Å². The second kappa shape index (κ2) is 5.00. The van der Waals surface area contributed by atoms with Gasteiger partial charge in [0.2, 0.25) is 0 Å². The molecule has 1 N–H and O–H groups in total. The second-order valence-electron chi connectivity index (χ2n) is 5.29. The molecular weight excluding hydrogens is 262 g/mol. The van der Waals surface area contributed by atoms with Gasteiger partial charge in [0.25, 0.3) is 0 Å². The van der Waals surface area contributed by atoms with Crippen molar-refractivity contribution in [3.8, 4) is 0 Å². The molecule has 1 heterocycles. The van der Waals surface area contributed by atoms with Crippen LogP contribution in [0.15, 0.2) is 6.07 Å². The van der Waals surface area contributed by atoms with Gasteiger partial charge in [0.05, 0.1) is 5.60 Å². The quantitative estimate of drug-likeness (QED) is 0.658. The van der Waals surface area contributed by atoms with E-state index in [9.17, 15) is 17.6 Å². The lowest BCUT2D eigenvalue weighted by atomic mass is 9.94. The SMILES string of the molecule is CC1(C)CC(Nc2c(F)c(F)cc(F)c2F)CCO1. The van der Waals surface area contributed by atoms with Crippen LogP contribution >= 0.6 is 0 Å². The first kappa shape index (κ1) is 14.1. The van der Waals surface area contributed by atoms with Crippen LogP contribution in [0.2, 0.25) is 0 Å². The first-order valence-corrected chi connectivity index (χ1v) is 6.03. The van der Waals surface area contributed by atoms with E-state index in [1.165, 1.54) is 0 Å². The van der Waals surface area contributed by atoms with Crippen molar-refractivity contribution >= 4 is 5.69 Å². The third kappa shape index (κ3) is 3.00. The maximum atomic E-state index is 13.5. The summed E-state index contributed by atoms with van der Waals surface area (Å²) in [6, 6.07) is -0.0991. The van der Waals surface area contributed by atoms with Crippen molar-refractivity contribution < 1.29 is 22.3 Å². The monoisotopic (exact) mass is 277 g/mol. The van der Waals surface area contributed by atoms with Gasteiger partial charge in [-0.15, -0.1) is 0 Å². The Morgan fingerprint density at radius 2 is 1.74 bits per heavy atom. The fourth-order valence-electron chi connectivity index (χ4n) is 2.26. The standard InChI is InChI=1S/C13H15F4NO/c1-13(2)6-7(3-4-19-13)18-12-10(16)8(14)5-9(15)11(12)17/h5,7,18H,3-4,6H2,1-2H3. The van der Waals surface area contributed by atoms with Gasteiger partial charge in [0.1, 0.15) is 5.69 Å². The van der Waals surface area contributed by atoms with Gasteiger partial charge in [-0.2, -0.15) is 0 Å². The second-order valence-corrected chi connectivity index (χ2v) is 5.29. The van der Waals surface area contributed by atoms with Crippen molar-refractivity contribution in [2.24, 2.45) is 0 Å². The average Bonchev–Trinajstić information content (AvgIpc) is 2.31. The lowest BCUT2D eigenvalue weighted by molar-refractivity contribution is -0.0554. The minimum absolute atomic E-state index is 0.198. The van der Waals surface area contributed by atoms with Crippen LogP contribution in [0, 0.1) is 23.3 Å². The summed E-state index contributed by atoms with van der Waals surface area (Å²) in [4.78, 5) is 0. The number of hydrogen-bond acceptors (Lipinski definition) is 2. The molecule has 1 fully saturated rings. The molecule has 19 heavy (non-hydrogen) atoms. The van der Waals surface area contributed by atoms with Gasteiger partial charge < -0.3 is 10.1 Å². The van der Waals surface area contributed by atoms with Crippen molar-refractivity contribution in [1.82, 2.24) is 0 Å². The summed E-state index contributed by atoms with van der Waals surface area (Å²) in [5, 5.41) is 2.54. The summed E-state index contributed by atoms with van der Waals surface area (Å²) in [6.07, 6.45) is 1.00. The largest absolute Gasteiger partial charge is 0.377 e. The van der Waals surface area contributed by atoms with E-state index in [4.69, 9.17) is 4.74 Å². The van der Waals surface area contributed by atoms with Crippen LogP contribution in [0.4, 0.5) is 23.2 Å². The highest BCUT2D eigenvalue weighted by Gasteiger charge is 2.30. The zero-order valence-electron chi connectivity index (χ0n) is 10.7. The summed E-state index contributed by atoms with van der Waals surface area (Å²) in [5.74, 6) is -5.62. The van der Waals surface area contributed by atoms with Gasteiger partial charge in [-0.25, -0.2) is 17.6 Å². The molecule has 2 nitrogen and oxygen atoms in total. The molecule has 0 bridgehead atoms. The summed E-state index contributed by atoms with van der Waals surface area (Å²) >= 11 is 0. The smallest absolute Gasteiger partial charge is 0.185 e. The lowest BCUT2D eigenvalue weighted by Gasteiger charge is -2.36. The summed E-state index contributed by atoms with van der Waals surface area (Å²) in [5.41, 5.74) is -1.19. The molecule has 0 radical (unpaired) electrons. The van der Waals surface area contributed by atoms with Gasteiger partial charge in [0, 0.05) is 18.7 Å². The maximum absolute atomic E-state index is 13.5. The van der Waals surface area contributed by atoms with E-state index < -0.39 is 34.6 Å². The number of halogens is 4. The summed E-state index contributed by atoms with van der Waals surface area (Å²) in [7, 11) is 0. The fourth-order valence-corrected chi connectivity index (χ4v) is 2.26. The van der Waals surface area contributed by atoms with Crippen LogP contribution in [-0.2, 0) is 4.74 Å². The van der Waals surface area contributed by atoms with Crippen LogP contribution in [-0.4, -0.2) is 18.2 Å². The van der Waals surface area contributed by atoms with E-state index >= 15 is 0 Å². The number of hydrogen-bond donors (Lipinski definition) is 1. The first-order chi connectivity index (χ1) is 8.80. The van der Waals surface area contributed by atoms with E-state index in [1.54, 1.807) is 0 Å². The van der Waals surface area contributed by atoms with Crippen LogP contribution in [0.25, 0.3) is 0 Å². The van der Waals surface area contributed by atoms with Crippen molar-refractivity contribution in [1.29, 1.82) is 0 Å². The van der Waals surface area contributed by atoms with Crippen LogP contribution in [0.3, 0.4) is 0 Å². The first-order valence-electron chi connectivity index (χ1n) is 6.03. The Morgan fingerprint density at radius 1 is 1.16 bits per heavy atom. The van der Waals surface area contributed by atoms with Gasteiger partial charge in [-0.3, -0.25) is 0 Å². The molecule has 1 aromatic carbocycles. The van der Waals surface area contributed by atoms with E-state index in [2.05, 4.69) is 5.32 Å². The number of ether oxygens (including phenoxy) is 1. The molecule has 1 unspecified atom stereocenters. The molecule has 106 valence electrons. The Labute approximate surface area is 108 Å². The maximum Gasteiger partial charge on any atom is 0.185 e. The number of nitrogens with one attached hydrogen (secondary N) is 1. The molecular formula is C13H15F4NO. The predicted molar refractivity (Wildman–Crippen MR) is 62.9 cm³/mol. The highest BCUT2D eigenvalue weighted by atomic mass is 19.2. The molecule has 0 spiro atoms. The highest BCUT2D eigenvalue weighted by Crippen LogP contribution is 2.30. The fraction of sp³-hybridized carbons (Fsp3) is 0.538. The van der Waals surface area contributed by atoms with Crippen LogP contribution in [0.1, 0.15) is 26.7 Å². The van der Waals surface area contributed by atoms with Crippen LogP contribution < -0.4 is 5.32 Å². The van der Waals surface area contributed by atoms with Crippen molar-refractivity contribution in [2.75, 3.05) is 11.9 Å².